The zero-order valence-electron chi connectivity index (χ0n) is 12.4. The van der Waals surface area contributed by atoms with Gasteiger partial charge in [0.25, 0.3) is 0 Å². The minimum Gasteiger partial charge on any atom is -0.496 e. The molecule has 0 unspecified atom stereocenters. The van der Waals surface area contributed by atoms with Crippen molar-refractivity contribution in [2.45, 2.75) is 32.7 Å². The second-order valence-corrected chi connectivity index (χ2v) is 5.69. The van der Waals surface area contributed by atoms with E-state index in [-0.39, 0.29) is 11.3 Å². The molecule has 0 fully saturated rings. The quantitative estimate of drug-likeness (QED) is 0.905. The zero-order valence-corrected chi connectivity index (χ0v) is 12.4. The Morgan fingerprint density at radius 1 is 1.37 bits per heavy atom. The summed E-state index contributed by atoms with van der Waals surface area (Å²) in [6.45, 7) is 6.39. The maximum absolute atomic E-state index is 11.4. The second-order valence-electron chi connectivity index (χ2n) is 5.69. The lowest BCUT2D eigenvalue weighted by molar-refractivity contribution is -0.133. The Morgan fingerprint density at radius 2 is 2.00 bits per heavy atom. The van der Waals surface area contributed by atoms with Crippen LogP contribution in [0.3, 0.4) is 0 Å². The third-order valence-corrected chi connectivity index (χ3v) is 3.05. The van der Waals surface area contributed by atoms with Crippen LogP contribution < -0.4 is 4.74 Å². The monoisotopic (exact) mass is 265 g/mol. The molecule has 0 aromatic heterocycles. The van der Waals surface area contributed by atoms with Gasteiger partial charge in [-0.25, -0.2) is 0 Å². The number of nitrogens with zero attached hydrogens (tertiary/aromatic N) is 1. The molecule has 0 saturated heterocycles. The second kappa shape index (κ2) is 6.06. The van der Waals surface area contributed by atoms with Gasteiger partial charge in [-0.3, -0.25) is 4.79 Å². The van der Waals surface area contributed by atoms with E-state index in [4.69, 9.17) is 9.84 Å². The summed E-state index contributed by atoms with van der Waals surface area (Å²) in [7, 11) is 3.34. The first-order chi connectivity index (χ1) is 8.79. The molecule has 1 aromatic rings. The van der Waals surface area contributed by atoms with Crippen LogP contribution in [0.2, 0.25) is 0 Å². The smallest absolute Gasteiger partial charge is 0.248 e. The molecule has 0 aliphatic carbocycles. The van der Waals surface area contributed by atoms with Gasteiger partial charge >= 0.3 is 0 Å². The van der Waals surface area contributed by atoms with Gasteiger partial charge in [-0.2, -0.15) is 0 Å². The number of aliphatic hydroxyl groups excluding tert-OH is 1. The first-order valence-corrected chi connectivity index (χ1v) is 6.31. The maximum Gasteiger partial charge on any atom is 0.248 e. The average molecular weight is 265 g/mol. The molecule has 0 aliphatic rings. The molecule has 1 amide bonds. The summed E-state index contributed by atoms with van der Waals surface area (Å²) >= 11 is 0. The standard InChI is InChI=1S/C15H23NO3/c1-15(2,3)12-8-11(6-7-13(12)19-5)9-16(4)14(18)10-17/h6-8,17H,9-10H2,1-5H3. The van der Waals surface area contributed by atoms with Crippen molar-refractivity contribution in [1.82, 2.24) is 4.90 Å². The van der Waals surface area contributed by atoms with Gasteiger partial charge in [-0.05, 0) is 28.7 Å². The fourth-order valence-electron chi connectivity index (χ4n) is 1.92. The molecule has 0 heterocycles. The highest BCUT2D eigenvalue weighted by molar-refractivity contribution is 5.76. The number of rotatable bonds is 4. The van der Waals surface area contributed by atoms with Crippen LogP contribution in [-0.2, 0) is 16.8 Å². The lowest BCUT2D eigenvalue weighted by Gasteiger charge is -2.24. The van der Waals surface area contributed by atoms with Gasteiger partial charge in [-0.1, -0.05) is 26.8 Å². The predicted octanol–water partition coefficient (Wildman–Crippen LogP) is 1.94. The van der Waals surface area contributed by atoms with E-state index in [1.165, 1.54) is 4.90 Å². The molecule has 0 atom stereocenters. The van der Waals surface area contributed by atoms with Crippen molar-refractivity contribution in [1.29, 1.82) is 0 Å². The Kier molecular flexibility index (Phi) is 4.95. The summed E-state index contributed by atoms with van der Waals surface area (Å²) in [4.78, 5) is 12.9. The van der Waals surface area contributed by atoms with Crippen molar-refractivity contribution < 1.29 is 14.6 Å². The van der Waals surface area contributed by atoms with E-state index >= 15 is 0 Å². The van der Waals surface area contributed by atoms with E-state index in [0.717, 1.165) is 16.9 Å². The summed E-state index contributed by atoms with van der Waals surface area (Å²) in [6.07, 6.45) is 0. The zero-order chi connectivity index (χ0) is 14.6. The van der Waals surface area contributed by atoms with E-state index in [9.17, 15) is 4.79 Å². The van der Waals surface area contributed by atoms with E-state index in [1.54, 1.807) is 14.2 Å². The molecule has 4 nitrogen and oxygen atoms in total. The number of methoxy groups -OCH3 is 1. The summed E-state index contributed by atoms with van der Waals surface area (Å²) in [6, 6.07) is 5.92. The normalized spacial score (nSPS) is 11.3. The van der Waals surface area contributed by atoms with Gasteiger partial charge in [0.15, 0.2) is 0 Å². The van der Waals surface area contributed by atoms with Crippen LogP contribution >= 0.6 is 0 Å². The molecule has 0 saturated carbocycles. The molecule has 0 bridgehead atoms. The van der Waals surface area contributed by atoms with Crippen LogP contribution in [0.15, 0.2) is 18.2 Å². The highest BCUT2D eigenvalue weighted by Crippen LogP contribution is 2.32. The highest BCUT2D eigenvalue weighted by Gasteiger charge is 2.19. The van der Waals surface area contributed by atoms with Crippen molar-refractivity contribution in [2.24, 2.45) is 0 Å². The molecule has 4 heteroatoms. The predicted molar refractivity (Wildman–Crippen MR) is 75.3 cm³/mol. The maximum atomic E-state index is 11.4. The van der Waals surface area contributed by atoms with Crippen molar-refractivity contribution in [3.63, 3.8) is 0 Å². The van der Waals surface area contributed by atoms with Crippen molar-refractivity contribution in [3.05, 3.63) is 29.3 Å². The molecule has 1 aromatic carbocycles. The molecular weight excluding hydrogens is 242 g/mol. The molecule has 106 valence electrons. The van der Waals surface area contributed by atoms with Crippen LogP contribution in [0.25, 0.3) is 0 Å². The third-order valence-electron chi connectivity index (χ3n) is 3.05. The van der Waals surface area contributed by atoms with Crippen LogP contribution in [0, 0.1) is 0 Å². The summed E-state index contributed by atoms with van der Waals surface area (Å²) < 4.78 is 5.38. The number of hydrogen-bond donors (Lipinski definition) is 1. The lowest BCUT2D eigenvalue weighted by atomic mass is 9.85. The minimum atomic E-state index is -0.460. The number of likely N-dealkylation sites (N-methyl/N-ethyl adjacent to an activating group) is 1. The number of carbonyl (C=O) groups excluding carboxylic acids is 1. The van der Waals surface area contributed by atoms with Gasteiger partial charge in [0.1, 0.15) is 12.4 Å². The summed E-state index contributed by atoms with van der Waals surface area (Å²) in [5.74, 6) is 0.570. The van der Waals surface area contributed by atoms with Crippen LogP contribution in [0.4, 0.5) is 0 Å². The Bertz CT molecular complexity index is 449. The van der Waals surface area contributed by atoms with E-state index in [2.05, 4.69) is 26.8 Å². The summed E-state index contributed by atoms with van der Waals surface area (Å²) in [5.41, 5.74) is 2.10. The van der Waals surface area contributed by atoms with Gasteiger partial charge in [0.2, 0.25) is 5.91 Å². The Balaban J connectivity index is 3.02. The van der Waals surface area contributed by atoms with Gasteiger partial charge in [0.05, 0.1) is 7.11 Å². The molecule has 0 radical (unpaired) electrons. The first-order valence-electron chi connectivity index (χ1n) is 6.31. The first kappa shape index (κ1) is 15.5. The molecular formula is C15H23NO3. The van der Waals surface area contributed by atoms with Crippen molar-refractivity contribution in [3.8, 4) is 5.75 Å². The Hall–Kier alpha value is -1.55. The number of benzene rings is 1. The largest absolute Gasteiger partial charge is 0.496 e. The fraction of sp³-hybridized carbons (Fsp3) is 0.533. The fourth-order valence-corrected chi connectivity index (χ4v) is 1.92. The van der Waals surface area contributed by atoms with E-state index < -0.39 is 6.61 Å². The third kappa shape index (κ3) is 3.96. The topological polar surface area (TPSA) is 49.8 Å². The molecule has 0 aliphatic heterocycles. The number of hydrogen-bond acceptors (Lipinski definition) is 3. The Labute approximate surface area is 115 Å². The van der Waals surface area contributed by atoms with Gasteiger partial charge < -0.3 is 14.7 Å². The van der Waals surface area contributed by atoms with E-state index in [0.29, 0.717) is 6.54 Å². The van der Waals surface area contributed by atoms with Gasteiger partial charge in [-0.15, -0.1) is 0 Å². The van der Waals surface area contributed by atoms with Crippen molar-refractivity contribution in [2.75, 3.05) is 20.8 Å². The summed E-state index contributed by atoms with van der Waals surface area (Å²) in [5, 5.41) is 8.84. The number of amides is 1. The van der Waals surface area contributed by atoms with Crippen LogP contribution in [0.5, 0.6) is 5.75 Å². The molecule has 19 heavy (non-hydrogen) atoms. The Morgan fingerprint density at radius 3 is 2.47 bits per heavy atom. The molecule has 0 spiro atoms. The number of aliphatic hydroxyl groups is 1. The SMILES string of the molecule is COc1ccc(CN(C)C(=O)CO)cc1C(C)(C)C. The average Bonchev–Trinajstić information content (AvgIpc) is 2.36. The number of carbonyl (C=O) groups is 1. The van der Waals surface area contributed by atoms with Gasteiger partial charge in [0, 0.05) is 13.6 Å². The molecule has 1 N–H and O–H groups in total. The van der Waals surface area contributed by atoms with Crippen LogP contribution in [0.1, 0.15) is 31.9 Å². The van der Waals surface area contributed by atoms with Crippen LogP contribution in [-0.4, -0.2) is 36.7 Å². The minimum absolute atomic E-state index is 0.0269. The number of ether oxygens (including phenoxy) is 1. The highest BCUT2D eigenvalue weighted by atomic mass is 16.5. The van der Waals surface area contributed by atoms with E-state index in [1.807, 2.05) is 12.1 Å². The molecule has 1 rings (SSSR count). The van der Waals surface area contributed by atoms with Crippen molar-refractivity contribution >= 4 is 5.91 Å². The lowest BCUT2D eigenvalue weighted by Crippen LogP contribution is -2.28.